The summed E-state index contributed by atoms with van der Waals surface area (Å²) in [4.78, 5) is 19.5. The van der Waals surface area contributed by atoms with E-state index in [9.17, 15) is 23.1 Å². The number of nitrogens with zero attached hydrogens (tertiary/aromatic N) is 2. The van der Waals surface area contributed by atoms with Crippen LogP contribution in [0.3, 0.4) is 0 Å². The van der Waals surface area contributed by atoms with Gasteiger partial charge in [-0.1, -0.05) is 11.6 Å². The van der Waals surface area contributed by atoms with Crippen LogP contribution in [0.2, 0.25) is 5.02 Å². The van der Waals surface area contributed by atoms with Gasteiger partial charge in [-0.3, -0.25) is 4.57 Å². The van der Waals surface area contributed by atoms with Crippen molar-refractivity contribution in [3.05, 3.63) is 34.6 Å². The fraction of sp³-hybridized carbons (Fsp3) is 0.167. The van der Waals surface area contributed by atoms with E-state index in [1.807, 2.05) is 0 Å². The van der Waals surface area contributed by atoms with E-state index in [1.165, 1.54) is 10.8 Å². The number of hydrogen-bond acceptors (Lipinski definition) is 5. The van der Waals surface area contributed by atoms with Crippen molar-refractivity contribution in [2.45, 2.75) is 12.6 Å². The van der Waals surface area contributed by atoms with Crippen LogP contribution < -0.4 is 15.4 Å². The molecule has 1 N–H and O–H groups in total. The molecule has 1 aromatic heterocycles. The van der Waals surface area contributed by atoms with E-state index >= 15 is 0 Å². The van der Waals surface area contributed by atoms with Gasteiger partial charge in [-0.15, -0.1) is 0 Å². The molecular weight excluding hydrogens is 327 g/mol. The van der Waals surface area contributed by atoms with Crippen LogP contribution in [0.15, 0.2) is 18.3 Å². The Morgan fingerprint density at radius 3 is 2.82 bits per heavy atom. The maximum atomic E-state index is 12.8. The Morgan fingerprint density at radius 1 is 1.45 bits per heavy atom. The summed E-state index contributed by atoms with van der Waals surface area (Å²) < 4.78 is 39.8. The van der Waals surface area contributed by atoms with Gasteiger partial charge in [0.2, 0.25) is 0 Å². The van der Waals surface area contributed by atoms with Crippen LogP contribution in [0.1, 0.15) is 11.3 Å². The molecule has 0 atom stereocenters. The molecule has 0 radical (unpaired) electrons. The van der Waals surface area contributed by atoms with Crippen molar-refractivity contribution in [1.82, 2.24) is 9.55 Å². The van der Waals surface area contributed by atoms with Crippen molar-refractivity contribution in [2.75, 3.05) is 5.48 Å². The Labute approximate surface area is 126 Å². The fourth-order valence-electron chi connectivity index (χ4n) is 2.05. The summed E-state index contributed by atoms with van der Waals surface area (Å²) >= 11 is 5.68. The van der Waals surface area contributed by atoms with E-state index in [0.717, 1.165) is 12.1 Å². The van der Waals surface area contributed by atoms with E-state index in [0.29, 0.717) is 0 Å². The molecule has 0 saturated carbocycles. The second-order valence-corrected chi connectivity index (χ2v) is 4.89. The zero-order chi connectivity index (χ0) is 16.1. The lowest BCUT2D eigenvalue weighted by atomic mass is 10.1. The number of rotatable bonds is 2. The Kier molecular flexibility index (Phi) is 3.17. The van der Waals surface area contributed by atoms with E-state index in [2.05, 4.69) is 10.5 Å². The topological polar surface area (TPSA) is 79.2 Å². The van der Waals surface area contributed by atoms with Gasteiger partial charge in [0.1, 0.15) is 0 Å². The molecule has 116 valence electrons. The van der Waals surface area contributed by atoms with Crippen LogP contribution in [-0.2, 0) is 17.4 Å². The monoisotopic (exact) mass is 332 g/mol. The second-order valence-electron chi connectivity index (χ2n) is 4.48. The highest BCUT2D eigenvalue weighted by Crippen LogP contribution is 2.40. The lowest BCUT2D eigenvalue weighted by Gasteiger charge is -2.21. The molecule has 0 aliphatic carbocycles. The molecule has 0 spiro atoms. The number of imidazole rings is 1. The number of aliphatic carboxylic acids is 1. The highest BCUT2D eigenvalue weighted by atomic mass is 35.5. The normalized spacial score (nSPS) is 12.9. The number of carbonyl (C=O) groups excluding carboxylic acids is 1. The highest BCUT2D eigenvalue weighted by molar-refractivity contribution is 6.31. The van der Waals surface area contributed by atoms with Gasteiger partial charge in [-0.2, -0.15) is 18.2 Å². The lowest BCUT2D eigenvalue weighted by Crippen LogP contribution is -2.24. The van der Waals surface area contributed by atoms with E-state index in [4.69, 9.17) is 16.4 Å². The van der Waals surface area contributed by atoms with E-state index in [-0.39, 0.29) is 23.1 Å². The Bertz CT molecular complexity index is 773. The smallest absolute Gasteiger partial charge is 0.417 e. The Hall–Kier alpha value is -2.42. The molecule has 10 heteroatoms. The maximum Gasteiger partial charge on any atom is 0.417 e. The molecule has 0 unspecified atom stereocenters. The summed E-state index contributed by atoms with van der Waals surface area (Å²) in [7, 11) is 0. The van der Waals surface area contributed by atoms with Gasteiger partial charge < -0.3 is 14.7 Å². The zero-order valence-corrected chi connectivity index (χ0v) is 11.3. The van der Waals surface area contributed by atoms with Crippen LogP contribution in [-0.4, -0.2) is 15.5 Å². The van der Waals surface area contributed by atoms with Crippen LogP contribution >= 0.6 is 11.6 Å². The van der Waals surface area contributed by atoms with Gasteiger partial charge in [0.25, 0.3) is 0 Å². The third-order valence-corrected chi connectivity index (χ3v) is 3.26. The van der Waals surface area contributed by atoms with E-state index < -0.39 is 29.2 Å². The summed E-state index contributed by atoms with van der Waals surface area (Å²) in [6.07, 6.45) is -3.73. The third kappa shape index (κ3) is 2.43. The summed E-state index contributed by atoms with van der Waals surface area (Å²) in [6.45, 7) is 0. The molecule has 2 heterocycles. The molecule has 2 aromatic rings. The van der Waals surface area contributed by atoms with E-state index in [1.54, 1.807) is 0 Å². The number of nitrogens with one attached hydrogen (secondary N) is 1. The van der Waals surface area contributed by atoms with Gasteiger partial charge >= 0.3 is 12.2 Å². The number of carboxylic acids is 1. The largest absolute Gasteiger partial charge is 0.550 e. The number of benzene rings is 1. The summed E-state index contributed by atoms with van der Waals surface area (Å²) in [5.41, 5.74) is 1.74. The molecule has 0 saturated heterocycles. The molecule has 0 fully saturated rings. The molecule has 0 amide bonds. The first kappa shape index (κ1) is 14.5. The van der Waals surface area contributed by atoms with Crippen molar-refractivity contribution >= 4 is 23.3 Å². The van der Waals surface area contributed by atoms with Crippen LogP contribution in [0.25, 0.3) is 5.69 Å². The van der Waals surface area contributed by atoms with Crippen molar-refractivity contribution in [1.29, 1.82) is 0 Å². The molecule has 1 aliphatic rings. The molecule has 1 aromatic carbocycles. The first-order chi connectivity index (χ1) is 10.3. The molecule has 22 heavy (non-hydrogen) atoms. The van der Waals surface area contributed by atoms with Gasteiger partial charge in [0.05, 0.1) is 27.7 Å². The maximum absolute atomic E-state index is 12.8. The number of carbonyl (C=O) groups is 1. The second kappa shape index (κ2) is 4.80. The number of hydrogen-bond donors (Lipinski definition) is 1. The van der Waals surface area contributed by atoms with Crippen molar-refractivity contribution in [3.63, 3.8) is 0 Å². The van der Waals surface area contributed by atoms with Gasteiger partial charge in [0, 0.05) is 18.6 Å². The number of fused-ring (bicyclic) bond motifs is 3. The average Bonchev–Trinajstić information content (AvgIpc) is 2.78. The predicted octanol–water partition coefficient (Wildman–Crippen LogP) is 1.56. The molecule has 1 aliphatic heterocycles. The Morgan fingerprint density at radius 2 is 2.18 bits per heavy atom. The van der Waals surface area contributed by atoms with Gasteiger partial charge in [-0.25, -0.2) is 5.48 Å². The van der Waals surface area contributed by atoms with Gasteiger partial charge in [0.15, 0.2) is 0 Å². The quantitative estimate of drug-likeness (QED) is 0.902. The van der Waals surface area contributed by atoms with Gasteiger partial charge in [-0.05, 0) is 12.1 Å². The van der Waals surface area contributed by atoms with Crippen molar-refractivity contribution < 1.29 is 27.9 Å². The van der Waals surface area contributed by atoms with Crippen LogP contribution in [0.4, 0.5) is 18.9 Å². The van der Waals surface area contributed by atoms with Crippen molar-refractivity contribution in [3.8, 4) is 11.7 Å². The number of aromatic nitrogens is 2. The SMILES string of the molecule is O=C([O-])Cc1cn2c(n1)ONc1cc(C(F)(F)F)c(Cl)cc1-2. The minimum atomic E-state index is -4.61. The summed E-state index contributed by atoms with van der Waals surface area (Å²) in [5, 5.41) is 10.1. The standard InChI is InChI=1S/C12H7ClF3N3O3/c13-7-3-9-8(2-6(7)12(14,15)16)18-22-11-17-5(1-10(20)21)4-19(9)11/h2-4,18H,1H2,(H,20,21)/p-1. The first-order valence-corrected chi connectivity index (χ1v) is 6.25. The van der Waals surface area contributed by atoms with Crippen LogP contribution in [0, 0.1) is 0 Å². The average molecular weight is 333 g/mol. The minimum absolute atomic E-state index is 0.0143. The van der Waals surface area contributed by atoms with Crippen molar-refractivity contribution in [2.24, 2.45) is 0 Å². The number of halogens is 4. The lowest BCUT2D eigenvalue weighted by molar-refractivity contribution is -0.304. The highest BCUT2D eigenvalue weighted by Gasteiger charge is 2.35. The Balaban J connectivity index is 2.09. The molecular formula is C12H6ClF3N3O3-. The fourth-order valence-corrected chi connectivity index (χ4v) is 2.31. The summed E-state index contributed by atoms with van der Waals surface area (Å²) in [5.74, 6) is -1.34. The number of anilines is 1. The minimum Gasteiger partial charge on any atom is -0.550 e. The van der Waals surface area contributed by atoms with Crippen LogP contribution in [0.5, 0.6) is 6.01 Å². The molecule has 0 bridgehead atoms. The number of alkyl halides is 3. The summed E-state index contributed by atoms with van der Waals surface area (Å²) in [6, 6.07) is 1.89. The molecule has 6 nitrogen and oxygen atoms in total. The third-order valence-electron chi connectivity index (χ3n) is 2.95. The first-order valence-electron chi connectivity index (χ1n) is 5.88. The predicted molar refractivity (Wildman–Crippen MR) is 66.5 cm³/mol. The molecule has 3 rings (SSSR count). The zero-order valence-electron chi connectivity index (χ0n) is 10.6. The number of carboxylic acid groups (broad SMARTS) is 1.